The van der Waals surface area contributed by atoms with Gasteiger partial charge in [-0.15, -0.1) is 0 Å². The summed E-state index contributed by atoms with van der Waals surface area (Å²) in [7, 11) is 0. The van der Waals surface area contributed by atoms with Crippen LogP contribution in [0.25, 0.3) is 0 Å². The van der Waals surface area contributed by atoms with Crippen LogP contribution >= 0.6 is 0 Å². The maximum Gasteiger partial charge on any atom is 0.140 e. The molecule has 2 unspecified atom stereocenters. The minimum atomic E-state index is 0.104. The highest BCUT2D eigenvalue weighted by Crippen LogP contribution is 2.35. The molecule has 68 valence electrons. The molecule has 0 bridgehead atoms. The largest absolute Gasteiger partial charge is 0.299 e. The van der Waals surface area contributed by atoms with Gasteiger partial charge in [0.05, 0.1) is 0 Å². The number of carbonyl (C=O) groups excluding carboxylic acids is 1. The topological polar surface area (TPSA) is 17.1 Å². The van der Waals surface area contributed by atoms with Crippen LogP contribution in [0.5, 0.6) is 0 Å². The van der Waals surface area contributed by atoms with Crippen LogP contribution in [-0.2, 0) is 4.79 Å². The average molecular weight is 174 g/mol. The van der Waals surface area contributed by atoms with E-state index >= 15 is 0 Å². The van der Waals surface area contributed by atoms with Crippen molar-refractivity contribution in [1.29, 1.82) is 0 Å². The first kappa shape index (κ1) is 8.49. The molecule has 0 saturated carbocycles. The first-order valence-electron chi connectivity index (χ1n) is 4.81. The van der Waals surface area contributed by atoms with E-state index in [9.17, 15) is 4.79 Å². The lowest BCUT2D eigenvalue weighted by molar-refractivity contribution is -0.120. The van der Waals surface area contributed by atoms with Gasteiger partial charge in [0, 0.05) is 12.3 Å². The predicted molar refractivity (Wildman–Crippen MR) is 52.9 cm³/mol. The van der Waals surface area contributed by atoms with Gasteiger partial charge in [-0.2, -0.15) is 0 Å². The van der Waals surface area contributed by atoms with Crippen LogP contribution in [0.4, 0.5) is 0 Å². The maximum atomic E-state index is 11.6. The van der Waals surface area contributed by atoms with Crippen LogP contribution in [0.15, 0.2) is 24.3 Å². The maximum absolute atomic E-state index is 11.6. The fraction of sp³-hybridized carbons (Fsp3) is 0.417. The van der Waals surface area contributed by atoms with Crippen molar-refractivity contribution < 1.29 is 4.79 Å². The molecule has 0 fully saturated rings. The Kier molecular flexibility index (Phi) is 1.95. The number of carbonyl (C=O) groups is 1. The molecule has 0 spiro atoms. The molecule has 0 aliphatic heterocycles. The normalized spacial score (nSPS) is 27.1. The average Bonchev–Trinajstić information content (AvgIpc) is 2.15. The van der Waals surface area contributed by atoms with Crippen molar-refractivity contribution in [3.05, 3.63) is 35.4 Å². The van der Waals surface area contributed by atoms with Crippen LogP contribution in [0.2, 0.25) is 0 Å². The summed E-state index contributed by atoms with van der Waals surface area (Å²) in [5.41, 5.74) is 2.58. The SMILES string of the molecule is CC1CC(=O)C(C)c2ccccc21. The van der Waals surface area contributed by atoms with Crippen molar-refractivity contribution >= 4 is 5.78 Å². The van der Waals surface area contributed by atoms with Gasteiger partial charge in [-0.3, -0.25) is 4.79 Å². The molecule has 1 heteroatoms. The smallest absolute Gasteiger partial charge is 0.140 e. The van der Waals surface area contributed by atoms with Crippen molar-refractivity contribution in [2.45, 2.75) is 32.1 Å². The molecule has 0 radical (unpaired) electrons. The van der Waals surface area contributed by atoms with Crippen molar-refractivity contribution in [3.8, 4) is 0 Å². The number of ketones is 1. The number of hydrogen-bond acceptors (Lipinski definition) is 1. The Balaban J connectivity index is 2.53. The molecule has 1 aromatic rings. The Morgan fingerprint density at radius 2 is 1.77 bits per heavy atom. The van der Waals surface area contributed by atoms with Crippen LogP contribution in [0, 0.1) is 0 Å². The zero-order chi connectivity index (χ0) is 9.42. The molecule has 1 nitrogen and oxygen atoms in total. The van der Waals surface area contributed by atoms with Gasteiger partial charge < -0.3 is 0 Å². The van der Waals surface area contributed by atoms with E-state index in [1.165, 1.54) is 11.1 Å². The fourth-order valence-electron chi connectivity index (χ4n) is 2.12. The lowest BCUT2D eigenvalue weighted by Crippen LogP contribution is -2.20. The standard InChI is InChI=1S/C12H14O/c1-8-7-12(13)9(2)11-6-4-3-5-10(8)11/h3-6,8-9H,7H2,1-2H3. The third-order valence-electron chi connectivity index (χ3n) is 2.98. The summed E-state index contributed by atoms with van der Waals surface area (Å²) < 4.78 is 0. The van der Waals surface area contributed by atoms with Gasteiger partial charge in [0.2, 0.25) is 0 Å². The van der Waals surface area contributed by atoms with Crippen LogP contribution in [-0.4, -0.2) is 5.78 Å². The fourth-order valence-corrected chi connectivity index (χ4v) is 2.12. The van der Waals surface area contributed by atoms with Gasteiger partial charge in [-0.05, 0) is 17.0 Å². The molecule has 2 atom stereocenters. The number of hydrogen-bond donors (Lipinski definition) is 0. The summed E-state index contributed by atoms with van der Waals surface area (Å²) in [4.78, 5) is 11.6. The van der Waals surface area contributed by atoms with Gasteiger partial charge in [0.1, 0.15) is 5.78 Å². The molecule has 1 aromatic carbocycles. The molecule has 0 amide bonds. The molecule has 0 aromatic heterocycles. The van der Waals surface area contributed by atoms with Crippen molar-refractivity contribution in [3.63, 3.8) is 0 Å². The molecule has 2 rings (SSSR count). The molecular formula is C12H14O. The highest BCUT2D eigenvalue weighted by atomic mass is 16.1. The van der Waals surface area contributed by atoms with E-state index in [2.05, 4.69) is 25.1 Å². The quantitative estimate of drug-likeness (QED) is 0.591. The molecule has 0 heterocycles. The zero-order valence-electron chi connectivity index (χ0n) is 8.08. The second kappa shape index (κ2) is 2.99. The second-order valence-electron chi connectivity index (χ2n) is 3.92. The van der Waals surface area contributed by atoms with E-state index in [4.69, 9.17) is 0 Å². The first-order valence-corrected chi connectivity index (χ1v) is 4.81. The second-order valence-corrected chi connectivity index (χ2v) is 3.92. The van der Waals surface area contributed by atoms with Gasteiger partial charge in [-0.1, -0.05) is 38.1 Å². The summed E-state index contributed by atoms with van der Waals surface area (Å²) in [5, 5.41) is 0. The minimum absolute atomic E-state index is 0.104. The summed E-state index contributed by atoms with van der Waals surface area (Å²) >= 11 is 0. The van der Waals surface area contributed by atoms with E-state index < -0.39 is 0 Å². The summed E-state index contributed by atoms with van der Waals surface area (Å²) in [6.45, 7) is 4.13. The Morgan fingerprint density at radius 3 is 2.46 bits per heavy atom. The van der Waals surface area contributed by atoms with Crippen LogP contribution in [0.3, 0.4) is 0 Å². The Labute approximate surface area is 78.8 Å². The van der Waals surface area contributed by atoms with E-state index in [1.54, 1.807) is 0 Å². The van der Waals surface area contributed by atoms with Crippen LogP contribution < -0.4 is 0 Å². The molecule has 0 N–H and O–H groups in total. The number of rotatable bonds is 0. The van der Waals surface area contributed by atoms with E-state index in [-0.39, 0.29) is 5.92 Å². The van der Waals surface area contributed by atoms with Gasteiger partial charge in [0.15, 0.2) is 0 Å². The Bertz CT molecular complexity index is 341. The van der Waals surface area contributed by atoms with Gasteiger partial charge >= 0.3 is 0 Å². The summed E-state index contributed by atoms with van der Waals surface area (Å²) in [6.07, 6.45) is 0.707. The van der Waals surface area contributed by atoms with E-state index in [0.717, 1.165) is 0 Å². The molecule has 1 aliphatic rings. The number of Topliss-reactive ketones (excluding diaryl/α,β-unsaturated/α-hetero) is 1. The minimum Gasteiger partial charge on any atom is -0.299 e. The van der Waals surface area contributed by atoms with Crippen LogP contribution in [0.1, 0.15) is 43.2 Å². The van der Waals surface area contributed by atoms with E-state index in [0.29, 0.717) is 18.1 Å². The van der Waals surface area contributed by atoms with Crippen molar-refractivity contribution in [2.24, 2.45) is 0 Å². The molecule has 1 aliphatic carbocycles. The first-order chi connectivity index (χ1) is 6.20. The lowest BCUT2D eigenvalue weighted by Gasteiger charge is -2.26. The van der Waals surface area contributed by atoms with Gasteiger partial charge in [-0.25, -0.2) is 0 Å². The molecular weight excluding hydrogens is 160 g/mol. The lowest BCUT2D eigenvalue weighted by atomic mass is 9.77. The highest BCUT2D eigenvalue weighted by molar-refractivity contribution is 5.88. The number of benzene rings is 1. The Morgan fingerprint density at radius 1 is 1.15 bits per heavy atom. The molecule has 0 saturated heterocycles. The summed E-state index contributed by atoms with van der Waals surface area (Å²) in [5.74, 6) is 0.888. The monoisotopic (exact) mass is 174 g/mol. The third-order valence-corrected chi connectivity index (χ3v) is 2.98. The van der Waals surface area contributed by atoms with Crippen molar-refractivity contribution in [2.75, 3.05) is 0 Å². The van der Waals surface area contributed by atoms with Crippen molar-refractivity contribution in [1.82, 2.24) is 0 Å². The Hall–Kier alpha value is -1.11. The highest BCUT2D eigenvalue weighted by Gasteiger charge is 2.27. The zero-order valence-corrected chi connectivity index (χ0v) is 8.08. The predicted octanol–water partition coefficient (Wildman–Crippen LogP) is 2.87. The third kappa shape index (κ3) is 1.28. The molecule has 13 heavy (non-hydrogen) atoms. The summed E-state index contributed by atoms with van der Waals surface area (Å²) in [6, 6.07) is 8.29. The van der Waals surface area contributed by atoms with E-state index in [1.807, 2.05) is 13.0 Å². The van der Waals surface area contributed by atoms with Gasteiger partial charge in [0.25, 0.3) is 0 Å². The number of fused-ring (bicyclic) bond motifs is 1.